The van der Waals surface area contributed by atoms with Crippen LogP contribution in [0, 0.1) is 11.6 Å². The Bertz CT molecular complexity index is 565. The van der Waals surface area contributed by atoms with Gasteiger partial charge in [0.1, 0.15) is 16.5 Å². The molecule has 1 saturated heterocycles. The summed E-state index contributed by atoms with van der Waals surface area (Å²) in [5, 5.41) is 0. The molecule has 1 fully saturated rings. The molecular formula is C12H14ClF2NO2S. The van der Waals surface area contributed by atoms with Crippen molar-refractivity contribution in [1.82, 2.24) is 4.31 Å². The van der Waals surface area contributed by atoms with E-state index in [1.165, 1.54) is 4.31 Å². The number of nitrogens with zero attached hydrogens (tertiary/aromatic N) is 1. The second-order valence-electron chi connectivity index (χ2n) is 4.49. The molecule has 1 aliphatic rings. The second-order valence-corrected chi connectivity index (χ2v) is 6.66. The number of alkyl halides is 1. The molecule has 0 aromatic heterocycles. The van der Waals surface area contributed by atoms with Crippen molar-refractivity contribution in [2.24, 2.45) is 0 Å². The lowest BCUT2D eigenvalue weighted by Gasteiger charge is -2.33. The molecule has 0 amide bonds. The molecule has 106 valence electrons. The van der Waals surface area contributed by atoms with Crippen LogP contribution in [0.5, 0.6) is 0 Å². The van der Waals surface area contributed by atoms with Gasteiger partial charge in [0, 0.05) is 18.5 Å². The molecule has 1 heterocycles. The van der Waals surface area contributed by atoms with Gasteiger partial charge in [0.05, 0.1) is 0 Å². The Labute approximate surface area is 116 Å². The molecule has 1 unspecified atom stereocenters. The Hall–Kier alpha value is -0.720. The van der Waals surface area contributed by atoms with E-state index in [1.54, 1.807) is 0 Å². The average Bonchev–Trinajstić information content (AvgIpc) is 2.41. The van der Waals surface area contributed by atoms with Crippen molar-refractivity contribution >= 4 is 21.6 Å². The van der Waals surface area contributed by atoms with E-state index in [-0.39, 0.29) is 18.5 Å². The summed E-state index contributed by atoms with van der Waals surface area (Å²) < 4.78 is 52.8. The van der Waals surface area contributed by atoms with Gasteiger partial charge in [-0.25, -0.2) is 17.2 Å². The van der Waals surface area contributed by atoms with Crippen LogP contribution in [0.3, 0.4) is 0 Å². The minimum absolute atomic E-state index is 0.149. The van der Waals surface area contributed by atoms with Gasteiger partial charge < -0.3 is 0 Å². The molecule has 0 spiro atoms. The van der Waals surface area contributed by atoms with Crippen LogP contribution in [0.15, 0.2) is 23.1 Å². The minimum atomic E-state index is -4.04. The van der Waals surface area contributed by atoms with Crippen molar-refractivity contribution in [3.8, 4) is 0 Å². The molecular weight excluding hydrogens is 296 g/mol. The summed E-state index contributed by atoms with van der Waals surface area (Å²) in [4.78, 5) is -0.621. The molecule has 1 aromatic carbocycles. The molecule has 3 nitrogen and oxygen atoms in total. The monoisotopic (exact) mass is 309 g/mol. The van der Waals surface area contributed by atoms with Gasteiger partial charge in [-0.05, 0) is 31.0 Å². The van der Waals surface area contributed by atoms with Crippen LogP contribution in [-0.2, 0) is 10.0 Å². The highest BCUT2D eigenvalue weighted by atomic mass is 35.5. The lowest BCUT2D eigenvalue weighted by atomic mass is 10.1. The maximum atomic E-state index is 13.6. The Kier molecular flexibility index (Phi) is 4.43. The van der Waals surface area contributed by atoms with E-state index in [9.17, 15) is 17.2 Å². The highest BCUT2D eigenvalue weighted by Gasteiger charge is 2.34. The van der Waals surface area contributed by atoms with Crippen LogP contribution in [0.2, 0.25) is 0 Å². The summed E-state index contributed by atoms with van der Waals surface area (Å²) >= 11 is 5.77. The fourth-order valence-corrected chi connectivity index (χ4v) is 4.42. The number of hydrogen-bond donors (Lipinski definition) is 0. The largest absolute Gasteiger partial charge is 0.246 e. The zero-order valence-corrected chi connectivity index (χ0v) is 11.7. The molecule has 7 heteroatoms. The first-order valence-electron chi connectivity index (χ1n) is 5.99. The zero-order chi connectivity index (χ0) is 14.0. The number of piperidine rings is 1. The number of rotatable bonds is 3. The molecule has 1 atom stereocenters. The van der Waals surface area contributed by atoms with Crippen molar-refractivity contribution in [3.05, 3.63) is 29.8 Å². The van der Waals surface area contributed by atoms with E-state index >= 15 is 0 Å². The van der Waals surface area contributed by atoms with Crippen molar-refractivity contribution in [3.63, 3.8) is 0 Å². The number of benzene rings is 1. The van der Waals surface area contributed by atoms with Crippen molar-refractivity contribution in [2.45, 2.75) is 30.2 Å². The fraction of sp³-hybridized carbons (Fsp3) is 0.500. The van der Waals surface area contributed by atoms with E-state index in [0.29, 0.717) is 18.9 Å². The topological polar surface area (TPSA) is 37.4 Å². The maximum Gasteiger partial charge on any atom is 0.246 e. The highest BCUT2D eigenvalue weighted by molar-refractivity contribution is 7.89. The molecule has 2 rings (SSSR count). The van der Waals surface area contributed by atoms with Gasteiger partial charge in [-0.15, -0.1) is 11.6 Å². The van der Waals surface area contributed by atoms with Gasteiger partial charge in [0.15, 0.2) is 0 Å². The van der Waals surface area contributed by atoms with E-state index in [4.69, 9.17) is 11.6 Å². The van der Waals surface area contributed by atoms with Gasteiger partial charge >= 0.3 is 0 Å². The molecule has 0 N–H and O–H groups in total. The van der Waals surface area contributed by atoms with Crippen LogP contribution in [0.25, 0.3) is 0 Å². The molecule has 1 aliphatic heterocycles. The van der Waals surface area contributed by atoms with Crippen LogP contribution >= 0.6 is 11.6 Å². The third-order valence-corrected chi connectivity index (χ3v) is 5.55. The van der Waals surface area contributed by atoms with Gasteiger partial charge in [-0.3, -0.25) is 0 Å². The summed E-state index contributed by atoms with van der Waals surface area (Å²) in [7, 11) is -4.04. The Morgan fingerprint density at radius 1 is 1.32 bits per heavy atom. The van der Waals surface area contributed by atoms with Crippen molar-refractivity contribution in [2.75, 3.05) is 12.4 Å². The summed E-state index contributed by atoms with van der Waals surface area (Å²) in [6, 6.07) is 2.07. The Morgan fingerprint density at radius 3 is 2.74 bits per heavy atom. The summed E-state index contributed by atoms with van der Waals surface area (Å²) in [6.07, 6.45) is 2.22. The summed E-state index contributed by atoms with van der Waals surface area (Å²) in [5.41, 5.74) is 0. The Balaban J connectivity index is 2.43. The van der Waals surface area contributed by atoms with Gasteiger partial charge in [0.2, 0.25) is 10.0 Å². The second kappa shape index (κ2) is 5.73. The SMILES string of the molecule is O=S(=O)(c1cc(F)ccc1F)N1CCCCC1CCl. The minimum Gasteiger partial charge on any atom is -0.207 e. The first-order chi connectivity index (χ1) is 8.96. The fourth-order valence-electron chi connectivity index (χ4n) is 2.25. The first kappa shape index (κ1) is 14.7. The van der Waals surface area contributed by atoms with Crippen molar-refractivity contribution in [1.29, 1.82) is 0 Å². The quantitative estimate of drug-likeness (QED) is 0.805. The Morgan fingerprint density at radius 2 is 2.05 bits per heavy atom. The molecule has 19 heavy (non-hydrogen) atoms. The van der Waals surface area contributed by atoms with Gasteiger partial charge in [0.25, 0.3) is 0 Å². The normalized spacial score (nSPS) is 21.5. The number of halogens is 3. The predicted octanol–water partition coefficient (Wildman–Crippen LogP) is 2.75. The molecule has 0 bridgehead atoms. The lowest BCUT2D eigenvalue weighted by molar-refractivity contribution is 0.270. The van der Waals surface area contributed by atoms with E-state index in [0.717, 1.165) is 18.6 Å². The van der Waals surface area contributed by atoms with Gasteiger partial charge in [-0.1, -0.05) is 6.42 Å². The highest BCUT2D eigenvalue weighted by Crippen LogP contribution is 2.27. The molecule has 1 aromatic rings. The summed E-state index contributed by atoms with van der Waals surface area (Å²) in [5.74, 6) is -1.57. The molecule has 0 saturated carbocycles. The maximum absolute atomic E-state index is 13.6. The predicted molar refractivity (Wildman–Crippen MR) is 68.6 cm³/mol. The van der Waals surface area contributed by atoms with E-state index in [1.807, 2.05) is 0 Å². The molecule has 0 aliphatic carbocycles. The van der Waals surface area contributed by atoms with Crippen molar-refractivity contribution < 1.29 is 17.2 Å². The first-order valence-corrected chi connectivity index (χ1v) is 7.97. The van der Waals surface area contributed by atoms with Crippen LogP contribution < -0.4 is 0 Å². The number of hydrogen-bond acceptors (Lipinski definition) is 2. The van der Waals surface area contributed by atoms with E-state index < -0.39 is 26.6 Å². The van der Waals surface area contributed by atoms with Crippen LogP contribution in [0.4, 0.5) is 8.78 Å². The zero-order valence-electron chi connectivity index (χ0n) is 10.2. The van der Waals surface area contributed by atoms with Crippen LogP contribution in [0.1, 0.15) is 19.3 Å². The molecule has 0 radical (unpaired) electrons. The van der Waals surface area contributed by atoms with Gasteiger partial charge in [-0.2, -0.15) is 4.31 Å². The standard InChI is InChI=1S/C12H14ClF2NO2S/c13-8-10-3-1-2-6-16(10)19(17,18)12-7-9(14)4-5-11(12)15/h4-5,7,10H,1-3,6,8H2. The third kappa shape index (κ3) is 2.90. The number of sulfonamides is 1. The lowest BCUT2D eigenvalue weighted by Crippen LogP contribution is -2.44. The van der Waals surface area contributed by atoms with E-state index in [2.05, 4.69) is 0 Å². The van der Waals surface area contributed by atoms with Crippen LogP contribution in [-0.4, -0.2) is 31.2 Å². The smallest absolute Gasteiger partial charge is 0.207 e. The average molecular weight is 310 g/mol. The third-order valence-electron chi connectivity index (χ3n) is 3.23. The summed E-state index contributed by atoms with van der Waals surface area (Å²) in [6.45, 7) is 0.287.